The molecule has 2 aromatic carbocycles. The second-order valence-corrected chi connectivity index (χ2v) is 8.76. The van der Waals surface area contributed by atoms with E-state index in [4.69, 9.17) is 18.6 Å². The first-order chi connectivity index (χ1) is 15.3. The molecule has 0 bridgehead atoms. The quantitative estimate of drug-likeness (QED) is 0.346. The summed E-state index contributed by atoms with van der Waals surface area (Å²) >= 11 is 0. The summed E-state index contributed by atoms with van der Waals surface area (Å²) in [5, 5.41) is 0.526. The average Bonchev–Trinajstić information content (AvgIpc) is 2.75. The van der Waals surface area contributed by atoms with Crippen molar-refractivity contribution >= 4 is 17.0 Å². The Hall–Kier alpha value is -3.31. The minimum Gasteiger partial charge on any atom is -0.483 e. The normalized spacial score (nSPS) is 14.0. The lowest BCUT2D eigenvalue weighted by Crippen LogP contribution is -2.27. The van der Waals surface area contributed by atoms with Crippen LogP contribution in [0.25, 0.3) is 28.4 Å². The van der Waals surface area contributed by atoms with Crippen molar-refractivity contribution in [1.82, 2.24) is 0 Å². The van der Waals surface area contributed by atoms with Gasteiger partial charge in [-0.1, -0.05) is 17.7 Å². The van der Waals surface area contributed by atoms with E-state index in [1.54, 1.807) is 19.2 Å². The van der Waals surface area contributed by atoms with Crippen LogP contribution < -0.4 is 14.9 Å². The molecule has 0 spiro atoms. The third kappa shape index (κ3) is 4.63. The predicted octanol–water partition coefficient (Wildman–Crippen LogP) is 6.14. The average molecular weight is 433 g/mol. The Kier molecular flexibility index (Phi) is 5.94. The summed E-state index contributed by atoms with van der Waals surface area (Å²) in [7, 11) is 1.57. The molecule has 0 saturated carbocycles. The fourth-order valence-corrected chi connectivity index (χ4v) is 3.63. The van der Waals surface area contributed by atoms with Crippen molar-refractivity contribution in [3.05, 3.63) is 75.5 Å². The maximum Gasteiger partial charge on any atom is 0.193 e. The molecule has 3 aromatic rings. The zero-order chi connectivity index (χ0) is 22.9. The number of ether oxygens (including phenoxy) is 3. The number of allylic oxidation sites excluding steroid dienone is 2. The molecule has 5 nitrogen and oxygen atoms in total. The third-order valence-corrected chi connectivity index (χ3v) is 5.30. The molecule has 4 rings (SSSR count). The van der Waals surface area contributed by atoms with Gasteiger partial charge in [0.05, 0.1) is 5.39 Å². The SMILES string of the molecule is COCOc1cc2oc(-c3ccc4c(c3)C=CC(C)(C)O4)cc(=O)c2cc1CC=C(C)C. The maximum atomic E-state index is 13.0. The van der Waals surface area contributed by atoms with Crippen molar-refractivity contribution < 1.29 is 18.6 Å². The van der Waals surface area contributed by atoms with Gasteiger partial charge in [0, 0.05) is 30.4 Å². The van der Waals surface area contributed by atoms with Gasteiger partial charge in [0.25, 0.3) is 0 Å². The maximum absolute atomic E-state index is 13.0. The zero-order valence-electron chi connectivity index (χ0n) is 19.2. The van der Waals surface area contributed by atoms with E-state index in [1.165, 1.54) is 5.57 Å². The lowest BCUT2D eigenvalue weighted by atomic mass is 9.99. The predicted molar refractivity (Wildman–Crippen MR) is 127 cm³/mol. The van der Waals surface area contributed by atoms with E-state index in [0.29, 0.717) is 28.9 Å². The standard InChI is InChI=1S/C27H28O5/c1-17(2)6-7-19-13-21-22(28)14-25(31-26(21)15-24(19)30-16-29-5)18-8-9-23-20(12-18)10-11-27(3,4)32-23/h6,8-15H,7,16H2,1-5H3. The Morgan fingerprint density at radius 1 is 1.12 bits per heavy atom. The fourth-order valence-electron chi connectivity index (χ4n) is 3.63. The summed E-state index contributed by atoms with van der Waals surface area (Å²) in [6.45, 7) is 8.22. The van der Waals surface area contributed by atoms with Gasteiger partial charge in [-0.15, -0.1) is 0 Å². The van der Waals surface area contributed by atoms with Crippen LogP contribution in [0.15, 0.2) is 63.3 Å². The molecule has 1 aliphatic heterocycles. The molecule has 5 heteroatoms. The third-order valence-electron chi connectivity index (χ3n) is 5.30. The first-order valence-corrected chi connectivity index (χ1v) is 10.6. The van der Waals surface area contributed by atoms with E-state index in [-0.39, 0.29) is 17.8 Å². The number of fused-ring (bicyclic) bond motifs is 2. The van der Waals surface area contributed by atoms with E-state index in [9.17, 15) is 4.79 Å². The Morgan fingerprint density at radius 2 is 1.94 bits per heavy atom. The number of rotatable bonds is 6. The van der Waals surface area contributed by atoms with E-state index in [1.807, 2.05) is 64.1 Å². The first kappa shape index (κ1) is 21.9. The van der Waals surface area contributed by atoms with Crippen LogP contribution in [-0.4, -0.2) is 19.5 Å². The minimum atomic E-state index is -0.341. The van der Waals surface area contributed by atoms with E-state index in [0.717, 1.165) is 22.4 Å². The number of hydrogen-bond acceptors (Lipinski definition) is 5. The summed E-state index contributed by atoms with van der Waals surface area (Å²) in [5.41, 5.74) is 3.91. The van der Waals surface area contributed by atoms with Gasteiger partial charge in [-0.25, -0.2) is 0 Å². The molecular weight excluding hydrogens is 404 g/mol. The van der Waals surface area contributed by atoms with E-state index in [2.05, 4.69) is 6.08 Å². The first-order valence-electron chi connectivity index (χ1n) is 10.6. The smallest absolute Gasteiger partial charge is 0.193 e. The summed E-state index contributed by atoms with van der Waals surface area (Å²) in [5.74, 6) is 1.95. The van der Waals surface area contributed by atoms with Crippen molar-refractivity contribution in [2.45, 2.75) is 39.7 Å². The monoisotopic (exact) mass is 432 g/mol. The lowest BCUT2D eigenvalue weighted by Gasteiger charge is -2.27. The Bertz CT molecular complexity index is 1270. The van der Waals surface area contributed by atoms with Gasteiger partial charge in [0.15, 0.2) is 12.2 Å². The largest absolute Gasteiger partial charge is 0.483 e. The molecule has 0 unspecified atom stereocenters. The van der Waals surface area contributed by atoms with Crippen LogP contribution in [0, 0.1) is 0 Å². The molecule has 0 amide bonds. The van der Waals surface area contributed by atoms with Gasteiger partial charge < -0.3 is 18.6 Å². The lowest BCUT2D eigenvalue weighted by molar-refractivity contribution is 0.0506. The molecule has 32 heavy (non-hydrogen) atoms. The van der Waals surface area contributed by atoms with Crippen LogP contribution in [0.2, 0.25) is 0 Å². The van der Waals surface area contributed by atoms with Gasteiger partial charge in [-0.2, -0.15) is 0 Å². The molecule has 1 aromatic heterocycles. The van der Waals surface area contributed by atoms with Gasteiger partial charge in [-0.3, -0.25) is 4.79 Å². The highest BCUT2D eigenvalue weighted by molar-refractivity contribution is 5.82. The molecular formula is C27H28O5. The summed E-state index contributed by atoms with van der Waals surface area (Å²) in [6.07, 6.45) is 6.81. The molecule has 2 heterocycles. The second kappa shape index (κ2) is 8.67. The number of hydrogen-bond donors (Lipinski definition) is 0. The van der Waals surface area contributed by atoms with Crippen molar-refractivity contribution in [1.29, 1.82) is 0 Å². The van der Waals surface area contributed by atoms with E-state index >= 15 is 0 Å². The van der Waals surface area contributed by atoms with Crippen LogP contribution in [0.4, 0.5) is 0 Å². The highest BCUT2D eigenvalue weighted by Crippen LogP contribution is 2.35. The molecule has 0 aliphatic carbocycles. The Balaban J connectivity index is 1.78. The van der Waals surface area contributed by atoms with Crippen molar-refractivity contribution in [2.24, 2.45) is 0 Å². The fraction of sp³-hybridized carbons (Fsp3) is 0.296. The van der Waals surface area contributed by atoms with Crippen LogP contribution in [0.1, 0.15) is 38.8 Å². The molecule has 0 fully saturated rings. The summed E-state index contributed by atoms with van der Waals surface area (Å²) in [4.78, 5) is 13.0. The zero-order valence-corrected chi connectivity index (χ0v) is 19.2. The summed E-state index contributed by atoms with van der Waals surface area (Å²) in [6, 6.07) is 11.0. The minimum absolute atomic E-state index is 0.0939. The molecule has 0 N–H and O–H groups in total. The van der Waals surface area contributed by atoms with Crippen molar-refractivity contribution in [2.75, 3.05) is 13.9 Å². The molecule has 166 valence electrons. The Morgan fingerprint density at radius 3 is 2.69 bits per heavy atom. The second-order valence-electron chi connectivity index (χ2n) is 8.76. The van der Waals surface area contributed by atoms with Crippen LogP contribution in [0.5, 0.6) is 11.5 Å². The van der Waals surface area contributed by atoms with E-state index < -0.39 is 0 Å². The van der Waals surface area contributed by atoms with Gasteiger partial charge in [-0.05, 0) is 70.0 Å². The molecule has 0 atom stereocenters. The molecule has 0 radical (unpaired) electrons. The van der Waals surface area contributed by atoms with Gasteiger partial charge >= 0.3 is 0 Å². The molecule has 1 aliphatic rings. The van der Waals surface area contributed by atoms with Crippen molar-refractivity contribution in [3.63, 3.8) is 0 Å². The van der Waals surface area contributed by atoms with Crippen LogP contribution >= 0.6 is 0 Å². The van der Waals surface area contributed by atoms with Gasteiger partial charge in [0.2, 0.25) is 0 Å². The Labute approximate surface area is 187 Å². The summed E-state index contributed by atoms with van der Waals surface area (Å²) < 4.78 is 23.0. The van der Waals surface area contributed by atoms with Crippen LogP contribution in [-0.2, 0) is 11.2 Å². The highest BCUT2D eigenvalue weighted by atomic mass is 16.7. The van der Waals surface area contributed by atoms with Gasteiger partial charge in [0.1, 0.15) is 28.4 Å². The highest BCUT2D eigenvalue weighted by Gasteiger charge is 2.22. The van der Waals surface area contributed by atoms with Crippen LogP contribution in [0.3, 0.4) is 0 Å². The molecule has 0 saturated heterocycles. The number of benzene rings is 2. The van der Waals surface area contributed by atoms with Crippen molar-refractivity contribution in [3.8, 4) is 22.8 Å². The number of methoxy groups -OCH3 is 1. The topological polar surface area (TPSA) is 57.9 Å².